The van der Waals surface area contributed by atoms with Crippen molar-refractivity contribution in [2.24, 2.45) is 0 Å². The molecular weight excluding hydrogens is 404 g/mol. The van der Waals surface area contributed by atoms with Gasteiger partial charge >= 0.3 is 0 Å². The van der Waals surface area contributed by atoms with Crippen LogP contribution in [0.25, 0.3) is 0 Å². The lowest BCUT2D eigenvalue weighted by atomic mass is 9.69. The predicted octanol–water partition coefficient (Wildman–Crippen LogP) is 5.68. The Balaban J connectivity index is 1.91. The Bertz CT molecular complexity index is 1140. The maximum atomic E-state index is 14.3. The first-order valence-corrected chi connectivity index (χ1v) is 10.2. The van der Waals surface area contributed by atoms with Gasteiger partial charge in [-0.3, -0.25) is 0 Å². The molecule has 0 aliphatic carbocycles. The zero-order chi connectivity index (χ0) is 22.7. The summed E-state index contributed by atoms with van der Waals surface area (Å²) in [6.45, 7) is 10.6. The summed E-state index contributed by atoms with van der Waals surface area (Å²) in [4.78, 5) is 2.38. The van der Waals surface area contributed by atoms with Crippen molar-refractivity contribution in [2.75, 3.05) is 18.0 Å². The van der Waals surface area contributed by atoms with E-state index in [2.05, 4.69) is 44.4 Å². The van der Waals surface area contributed by atoms with Crippen molar-refractivity contribution in [1.29, 1.82) is 5.26 Å². The molecule has 160 valence electrons. The third kappa shape index (κ3) is 3.26. The van der Waals surface area contributed by atoms with Crippen LogP contribution < -0.4 is 4.90 Å². The van der Waals surface area contributed by atoms with Crippen molar-refractivity contribution in [2.45, 2.75) is 51.4 Å². The van der Waals surface area contributed by atoms with Crippen LogP contribution in [0.5, 0.6) is 0 Å². The molecule has 0 unspecified atom stereocenters. The van der Waals surface area contributed by atoms with E-state index in [1.165, 1.54) is 5.69 Å². The number of hydrogen-bond donors (Lipinski definition) is 0. The fourth-order valence-corrected chi connectivity index (χ4v) is 4.49. The number of rotatable bonds is 0. The molecule has 0 atom stereocenters. The van der Waals surface area contributed by atoms with Gasteiger partial charge in [-0.15, -0.1) is 0 Å². The lowest BCUT2D eigenvalue weighted by molar-refractivity contribution is 0.401. The standard InChI is InChI=1S/C25H22F4N2/c1-24(2)7-9-31-10-8-25(3,4)18-12-14(11-17(24)23(18)31)5-6-15-19(26)21(28)16(13-30)22(29)20(15)27/h11-12H,7-10H2,1-4H3. The molecular formula is C25H22F4N2. The normalized spacial score (nSPS) is 18.0. The number of anilines is 1. The van der Waals surface area contributed by atoms with Gasteiger partial charge in [0, 0.05) is 24.3 Å². The molecule has 0 saturated carbocycles. The van der Waals surface area contributed by atoms with E-state index in [0.717, 1.165) is 43.1 Å². The van der Waals surface area contributed by atoms with E-state index in [1.54, 1.807) is 0 Å². The Morgan fingerprint density at radius 3 is 1.68 bits per heavy atom. The van der Waals surface area contributed by atoms with Crippen molar-refractivity contribution in [3.8, 4) is 17.9 Å². The molecule has 0 aromatic heterocycles. The van der Waals surface area contributed by atoms with E-state index in [4.69, 9.17) is 5.26 Å². The quantitative estimate of drug-likeness (QED) is 0.308. The largest absolute Gasteiger partial charge is 0.371 e. The SMILES string of the molecule is CC1(C)CCN2CCC(C)(C)c3cc(C#Cc4c(F)c(F)c(C#N)c(F)c4F)cc1c32. The van der Waals surface area contributed by atoms with Gasteiger partial charge in [-0.05, 0) is 46.9 Å². The maximum absolute atomic E-state index is 14.3. The molecule has 0 saturated heterocycles. The van der Waals surface area contributed by atoms with Gasteiger partial charge in [-0.2, -0.15) is 5.26 Å². The molecule has 0 radical (unpaired) electrons. The average molecular weight is 426 g/mol. The Labute approximate surface area is 179 Å². The van der Waals surface area contributed by atoms with E-state index < -0.39 is 34.4 Å². The minimum atomic E-state index is -1.73. The highest BCUT2D eigenvalue weighted by molar-refractivity contribution is 5.70. The first-order valence-electron chi connectivity index (χ1n) is 10.2. The van der Waals surface area contributed by atoms with Gasteiger partial charge in [-0.25, -0.2) is 17.6 Å². The fraction of sp³-hybridized carbons (Fsp3) is 0.400. The van der Waals surface area contributed by atoms with Gasteiger partial charge in [0.25, 0.3) is 0 Å². The molecule has 0 fully saturated rings. The molecule has 2 aromatic carbocycles. The summed E-state index contributed by atoms with van der Waals surface area (Å²) < 4.78 is 56.5. The fourth-order valence-electron chi connectivity index (χ4n) is 4.49. The van der Waals surface area contributed by atoms with E-state index in [-0.39, 0.29) is 10.8 Å². The molecule has 2 aliphatic rings. The molecule has 0 N–H and O–H groups in total. The number of hydrogen-bond acceptors (Lipinski definition) is 2. The van der Waals surface area contributed by atoms with Crippen LogP contribution in [0.2, 0.25) is 0 Å². The highest BCUT2D eigenvalue weighted by atomic mass is 19.2. The second-order valence-electron chi connectivity index (χ2n) is 9.54. The molecule has 31 heavy (non-hydrogen) atoms. The smallest absolute Gasteiger partial charge is 0.181 e. The van der Waals surface area contributed by atoms with Gasteiger partial charge in [0.05, 0.1) is 0 Å². The minimum Gasteiger partial charge on any atom is -0.371 e. The van der Waals surface area contributed by atoms with Crippen LogP contribution in [-0.2, 0) is 10.8 Å². The van der Waals surface area contributed by atoms with Crippen LogP contribution in [0.3, 0.4) is 0 Å². The zero-order valence-electron chi connectivity index (χ0n) is 17.9. The Morgan fingerprint density at radius 1 is 0.774 bits per heavy atom. The summed E-state index contributed by atoms with van der Waals surface area (Å²) in [7, 11) is 0. The van der Waals surface area contributed by atoms with Crippen molar-refractivity contribution < 1.29 is 17.6 Å². The topological polar surface area (TPSA) is 27.0 Å². The summed E-state index contributed by atoms with van der Waals surface area (Å²) >= 11 is 0. The number of nitriles is 1. The number of nitrogens with zero attached hydrogens (tertiary/aromatic N) is 2. The van der Waals surface area contributed by atoms with Gasteiger partial charge < -0.3 is 4.90 Å². The van der Waals surface area contributed by atoms with Gasteiger partial charge in [-0.1, -0.05) is 39.5 Å². The molecule has 0 spiro atoms. The van der Waals surface area contributed by atoms with E-state index >= 15 is 0 Å². The number of halogens is 4. The van der Waals surface area contributed by atoms with E-state index in [0.29, 0.717) is 5.56 Å². The van der Waals surface area contributed by atoms with Crippen molar-refractivity contribution in [1.82, 2.24) is 0 Å². The van der Waals surface area contributed by atoms with Gasteiger partial charge in [0.1, 0.15) is 17.2 Å². The lowest BCUT2D eigenvalue weighted by Crippen LogP contribution is -2.44. The molecule has 2 aliphatic heterocycles. The predicted molar refractivity (Wildman–Crippen MR) is 111 cm³/mol. The first kappa shape index (κ1) is 21.2. The van der Waals surface area contributed by atoms with Crippen molar-refractivity contribution >= 4 is 5.69 Å². The van der Waals surface area contributed by atoms with Gasteiger partial charge in [0.2, 0.25) is 0 Å². The number of benzene rings is 2. The molecule has 2 aromatic rings. The molecule has 6 heteroatoms. The van der Waals surface area contributed by atoms with Crippen LogP contribution in [0.15, 0.2) is 12.1 Å². The highest BCUT2D eigenvalue weighted by Crippen LogP contribution is 2.49. The average Bonchev–Trinajstić information content (AvgIpc) is 2.71. The minimum absolute atomic E-state index is 0.102. The van der Waals surface area contributed by atoms with Crippen LogP contribution in [0.4, 0.5) is 23.2 Å². The summed E-state index contributed by atoms with van der Waals surface area (Å²) in [5.41, 5.74) is 1.46. The molecule has 0 bridgehead atoms. The summed E-state index contributed by atoms with van der Waals surface area (Å²) in [6, 6.07) is 4.96. The molecule has 4 rings (SSSR count). The summed E-state index contributed by atoms with van der Waals surface area (Å²) in [6.07, 6.45) is 1.93. The summed E-state index contributed by atoms with van der Waals surface area (Å²) in [5.74, 6) is -1.80. The third-order valence-corrected chi connectivity index (χ3v) is 6.60. The zero-order valence-corrected chi connectivity index (χ0v) is 17.9. The van der Waals surface area contributed by atoms with Crippen molar-refractivity contribution in [3.05, 3.63) is 63.2 Å². The van der Waals surface area contributed by atoms with Gasteiger partial charge in [0.15, 0.2) is 23.3 Å². The van der Waals surface area contributed by atoms with Crippen molar-refractivity contribution in [3.63, 3.8) is 0 Å². The lowest BCUT2D eigenvalue weighted by Gasteiger charge is -2.48. The van der Waals surface area contributed by atoms with E-state index in [1.807, 2.05) is 12.1 Å². The Hall–Kier alpha value is -2.99. The first-order chi connectivity index (χ1) is 14.5. The Kier molecular flexibility index (Phi) is 4.81. The van der Waals surface area contributed by atoms with Crippen LogP contribution >= 0.6 is 0 Å². The Morgan fingerprint density at radius 2 is 1.23 bits per heavy atom. The second-order valence-corrected chi connectivity index (χ2v) is 9.54. The molecule has 0 amide bonds. The third-order valence-electron chi connectivity index (χ3n) is 6.60. The van der Waals surface area contributed by atoms with Crippen LogP contribution in [0, 0.1) is 46.4 Å². The monoisotopic (exact) mass is 426 g/mol. The summed E-state index contributed by atoms with van der Waals surface area (Å²) in [5, 5.41) is 8.74. The molecule has 2 heterocycles. The maximum Gasteiger partial charge on any atom is 0.181 e. The van der Waals surface area contributed by atoms with Crippen LogP contribution in [-0.4, -0.2) is 13.1 Å². The highest BCUT2D eigenvalue weighted by Gasteiger charge is 2.39. The second kappa shape index (κ2) is 7.02. The molecule has 2 nitrogen and oxygen atoms in total. The van der Waals surface area contributed by atoms with E-state index in [9.17, 15) is 17.6 Å². The van der Waals surface area contributed by atoms with Crippen LogP contribution in [0.1, 0.15) is 68.4 Å².